The molecule has 0 aliphatic carbocycles. The van der Waals surface area contributed by atoms with E-state index in [0.29, 0.717) is 11.1 Å². The Labute approximate surface area is 264 Å². The molecule has 1 fully saturated rings. The Morgan fingerprint density at radius 2 is 1.60 bits per heavy atom. The summed E-state index contributed by atoms with van der Waals surface area (Å²) in [7, 11) is 2.23. The minimum absolute atomic E-state index is 0.00191. The van der Waals surface area contributed by atoms with Crippen molar-refractivity contribution >= 4 is 62.8 Å². The molecule has 0 unspecified atom stereocenters. The second kappa shape index (κ2) is 16.4. The third kappa shape index (κ3) is 10.8. The fraction of sp³-hybridized carbons (Fsp3) is 0.333. The average molecular weight is 662 g/mol. The van der Waals surface area contributed by atoms with Crippen molar-refractivity contribution < 1.29 is 38.8 Å². The first-order valence-corrected chi connectivity index (χ1v) is 15.9. The topological polar surface area (TPSA) is 266 Å². The quantitative estimate of drug-likeness (QED) is 0.0955. The van der Waals surface area contributed by atoms with E-state index in [1.165, 1.54) is 48.5 Å². The summed E-state index contributed by atoms with van der Waals surface area (Å²) in [5, 5.41) is 30.0. The highest BCUT2D eigenvalue weighted by Gasteiger charge is 2.29. The Kier molecular flexibility index (Phi) is 12.7. The minimum Gasteiger partial charge on any atom is -0.478 e. The Bertz CT molecular complexity index is 1440. The molecule has 0 saturated carbocycles. The van der Waals surface area contributed by atoms with Gasteiger partial charge in [0.2, 0.25) is 29.5 Å². The number of carbonyl (C=O) groups excluding carboxylic acids is 5. The summed E-state index contributed by atoms with van der Waals surface area (Å²) in [6, 6.07) is 6.56. The summed E-state index contributed by atoms with van der Waals surface area (Å²) in [5.74, 6) is -4.79. The number of rotatable bonds is 9. The van der Waals surface area contributed by atoms with E-state index in [1.54, 1.807) is 0 Å². The Morgan fingerprint density at radius 3 is 2.20 bits per heavy atom. The van der Waals surface area contributed by atoms with Crippen LogP contribution in [0.1, 0.15) is 21.5 Å². The molecule has 1 saturated heterocycles. The van der Waals surface area contributed by atoms with Gasteiger partial charge in [0.05, 0.1) is 23.1 Å². The molecular formula is C27H31N7O9S2. The van der Waals surface area contributed by atoms with E-state index in [1.807, 2.05) is 0 Å². The molecule has 1 heterocycles. The Hall–Kier alpha value is -4.68. The molecule has 3 rings (SSSR count). The maximum Gasteiger partial charge on any atom is 0.335 e. The van der Waals surface area contributed by atoms with Crippen LogP contribution in [0.5, 0.6) is 0 Å². The molecule has 0 radical (unpaired) electrons. The largest absolute Gasteiger partial charge is 0.478 e. The van der Waals surface area contributed by atoms with Gasteiger partial charge in [-0.1, -0.05) is 45.9 Å². The van der Waals surface area contributed by atoms with Gasteiger partial charge in [0, 0.05) is 30.1 Å². The third-order valence-electron chi connectivity index (χ3n) is 6.50. The fourth-order valence-corrected chi connectivity index (χ4v) is 6.37. The third-order valence-corrected chi connectivity index (χ3v) is 8.92. The molecule has 0 spiro atoms. The number of hydrogen-bond acceptors (Lipinski definition) is 11. The van der Waals surface area contributed by atoms with Crippen LogP contribution in [0.3, 0.4) is 0 Å². The zero-order valence-corrected chi connectivity index (χ0v) is 25.2. The molecule has 1 aliphatic heterocycles. The van der Waals surface area contributed by atoms with Crippen LogP contribution in [0.2, 0.25) is 0 Å². The second-order valence-electron chi connectivity index (χ2n) is 9.87. The number of primary amides is 1. The van der Waals surface area contributed by atoms with E-state index in [2.05, 4.69) is 21.3 Å². The van der Waals surface area contributed by atoms with Crippen LogP contribution < -0.4 is 32.7 Å². The van der Waals surface area contributed by atoms with Crippen LogP contribution in [0.25, 0.3) is 0 Å². The Balaban J connectivity index is 1.71. The van der Waals surface area contributed by atoms with Crippen molar-refractivity contribution in [3.8, 4) is 0 Å². The van der Waals surface area contributed by atoms with Crippen LogP contribution >= 0.6 is 21.6 Å². The molecular weight excluding hydrogens is 630 g/mol. The predicted octanol–water partition coefficient (Wildman–Crippen LogP) is -1.14. The van der Waals surface area contributed by atoms with Crippen LogP contribution in [-0.2, 0) is 36.8 Å². The van der Waals surface area contributed by atoms with Gasteiger partial charge in [-0.25, -0.2) is 4.79 Å². The number of aromatic carboxylic acids is 1. The lowest BCUT2D eigenvalue weighted by atomic mass is 10.0. The van der Waals surface area contributed by atoms with Crippen molar-refractivity contribution in [3.05, 3.63) is 75.3 Å². The molecule has 45 heavy (non-hydrogen) atoms. The lowest BCUT2D eigenvalue weighted by Crippen LogP contribution is -2.57. The highest BCUT2D eigenvalue weighted by atomic mass is 33.1. The van der Waals surface area contributed by atoms with Gasteiger partial charge in [0.1, 0.15) is 18.1 Å². The number of nitrogens with one attached hydrogen (secondary N) is 4. The molecule has 1 aliphatic rings. The number of nitrogens with zero attached hydrogens (tertiary/aromatic N) is 1. The van der Waals surface area contributed by atoms with Crippen LogP contribution in [0, 0.1) is 10.1 Å². The van der Waals surface area contributed by atoms with Gasteiger partial charge in [-0.3, -0.25) is 34.1 Å². The van der Waals surface area contributed by atoms with Crippen molar-refractivity contribution in [2.24, 2.45) is 11.5 Å². The number of benzene rings is 2. The van der Waals surface area contributed by atoms with E-state index in [0.717, 1.165) is 21.6 Å². The fourth-order valence-electron chi connectivity index (χ4n) is 4.03. The number of carbonyl (C=O) groups is 6. The van der Waals surface area contributed by atoms with Crippen molar-refractivity contribution in [2.45, 2.75) is 37.0 Å². The van der Waals surface area contributed by atoms with Gasteiger partial charge >= 0.3 is 5.97 Å². The van der Waals surface area contributed by atoms with E-state index in [-0.39, 0.29) is 35.6 Å². The lowest BCUT2D eigenvalue weighted by Gasteiger charge is -2.24. The zero-order chi connectivity index (χ0) is 33.1. The summed E-state index contributed by atoms with van der Waals surface area (Å²) in [6.07, 6.45) is -0.0347. The monoisotopic (exact) mass is 661 g/mol. The smallest absolute Gasteiger partial charge is 0.335 e. The van der Waals surface area contributed by atoms with E-state index >= 15 is 0 Å². The maximum absolute atomic E-state index is 13.1. The maximum atomic E-state index is 13.1. The normalized spacial score (nSPS) is 20.4. The first-order chi connectivity index (χ1) is 21.3. The standard InChI is InChI=1S/C27H31N7O9S2/c28-18(9-14-1-5-16(6-2-14)27(40)41)24(37)33-21-13-45-44-12-20(23(29)36)32-26(39)19(31-22(35)11-30-25(21)38)10-15-3-7-17(8-4-15)34(42)43/h1-8,18-21H,9-13,28H2,(H2,29,36)(H,30,38)(H,31,35)(H,32,39)(H,33,37)(H,40,41)/t18-,19-,20+,21+/m0/s1. The SMILES string of the molecule is NC(=O)[C@H]1CSSC[C@@H](NC(=O)[C@@H](N)Cc2ccc(C(=O)O)cc2)C(=O)NCC(=O)N[C@@H](Cc2ccc([N+](=O)[O-])cc2)C(=O)N1. The first-order valence-electron chi connectivity index (χ1n) is 13.4. The number of amides is 5. The summed E-state index contributed by atoms with van der Waals surface area (Å²) < 4.78 is 0. The van der Waals surface area contributed by atoms with Gasteiger partial charge in [-0.15, -0.1) is 0 Å². The van der Waals surface area contributed by atoms with E-state index in [4.69, 9.17) is 16.6 Å². The predicted molar refractivity (Wildman–Crippen MR) is 165 cm³/mol. The highest BCUT2D eigenvalue weighted by molar-refractivity contribution is 8.76. The molecule has 5 amide bonds. The molecule has 16 nitrogen and oxygen atoms in total. The highest BCUT2D eigenvalue weighted by Crippen LogP contribution is 2.23. The van der Waals surface area contributed by atoms with Crippen LogP contribution in [-0.4, -0.2) is 87.8 Å². The summed E-state index contributed by atoms with van der Waals surface area (Å²) in [4.78, 5) is 85.3. The van der Waals surface area contributed by atoms with Crippen molar-refractivity contribution in [3.63, 3.8) is 0 Å². The average Bonchev–Trinajstić information content (AvgIpc) is 3.00. The van der Waals surface area contributed by atoms with Crippen molar-refractivity contribution in [2.75, 3.05) is 18.1 Å². The van der Waals surface area contributed by atoms with E-state index in [9.17, 15) is 38.9 Å². The zero-order valence-electron chi connectivity index (χ0n) is 23.6. The number of nitro groups is 1. The van der Waals surface area contributed by atoms with Gasteiger partial charge in [0.25, 0.3) is 5.69 Å². The number of hydrogen-bond donors (Lipinski definition) is 7. The molecule has 0 bridgehead atoms. The number of carboxylic acid groups (broad SMARTS) is 1. The van der Waals surface area contributed by atoms with Crippen LogP contribution in [0.15, 0.2) is 48.5 Å². The summed E-state index contributed by atoms with van der Waals surface area (Å²) >= 11 is 0. The minimum atomic E-state index is -1.23. The molecule has 4 atom stereocenters. The van der Waals surface area contributed by atoms with Gasteiger partial charge in [-0.05, 0) is 29.7 Å². The summed E-state index contributed by atoms with van der Waals surface area (Å²) in [5.41, 5.74) is 12.5. The first kappa shape index (κ1) is 34.8. The summed E-state index contributed by atoms with van der Waals surface area (Å²) in [6.45, 7) is -0.561. The number of nitrogens with two attached hydrogens (primary N) is 2. The Morgan fingerprint density at radius 1 is 0.978 bits per heavy atom. The van der Waals surface area contributed by atoms with Crippen molar-refractivity contribution in [1.29, 1.82) is 0 Å². The molecule has 18 heteroatoms. The van der Waals surface area contributed by atoms with E-state index < -0.39 is 71.1 Å². The number of carboxylic acids is 1. The molecule has 2 aromatic carbocycles. The molecule has 240 valence electrons. The van der Waals surface area contributed by atoms with Gasteiger partial charge < -0.3 is 37.8 Å². The molecule has 2 aromatic rings. The van der Waals surface area contributed by atoms with Crippen molar-refractivity contribution in [1.82, 2.24) is 21.3 Å². The number of non-ortho nitro benzene ring substituents is 1. The molecule has 9 N–H and O–H groups in total. The lowest BCUT2D eigenvalue weighted by molar-refractivity contribution is -0.384. The van der Waals surface area contributed by atoms with Gasteiger partial charge in [0.15, 0.2) is 0 Å². The van der Waals surface area contributed by atoms with Crippen LogP contribution in [0.4, 0.5) is 5.69 Å². The second-order valence-corrected chi connectivity index (χ2v) is 12.4. The number of nitro benzene ring substituents is 1. The molecule has 0 aromatic heterocycles. The van der Waals surface area contributed by atoms with Gasteiger partial charge in [-0.2, -0.15) is 0 Å².